The highest BCUT2D eigenvalue weighted by molar-refractivity contribution is 6.94. The van der Waals surface area contributed by atoms with Gasteiger partial charge in [0.2, 0.25) is 0 Å². The summed E-state index contributed by atoms with van der Waals surface area (Å²) < 4.78 is 33.2. The average molecular weight is 575 g/mol. The number of hydrogen-bond acceptors (Lipinski definition) is 4. The first-order valence-electron chi connectivity index (χ1n) is 14.9. The van der Waals surface area contributed by atoms with Crippen molar-refractivity contribution in [1.82, 2.24) is 0 Å². The molecule has 0 aromatic heterocycles. The molecular weight excluding hydrogens is 515 g/mol. The molecule has 0 saturated heterocycles. The van der Waals surface area contributed by atoms with Crippen molar-refractivity contribution in [2.24, 2.45) is 0 Å². The van der Waals surface area contributed by atoms with Gasteiger partial charge in [-0.15, -0.1) is 0 Å². The Labute approximate surface area is 229 Å². The third-order valence-corrected chi connectivity index (χ3v) is 22.4. The number of unbranched alkanes of at least 4 members (excludes halogenated alkanes) is 6. The Morgan fingerprint density at radius 3 is 1.64 bits per heavy atom. The highest BCUT2D eigenvalue weighted by Gasteiger charge is 2.42. The average Bonchev–Trinajstić information content (AvgIpc) is 2.78. The van der Waals surface area contributed by atoms with Gasteiger partial charge in [-0.1, -0.05) is 40.0 Å². The lowest BCUT2D eigenvalue weighted by Gasteiger charge is -2.37. The number of rotatable bonds is 24. The highest BCUT2D eigenvalue weighted by Crippen LogP contribution is 2.30. The minimum atomic E-state index is -2.33. The summed E-state index contributed by atoms with van der Waals surface area (Å²) in [5.41, 5.74) is 1.35. The molecule has 0 spiro atoms. The Kier molecular flexibility index (Phi) is 19.2. The molecule has 0 rings (SSSR count). The summed E-state index contributed by atoms with van der Waals surface area (Å²) in [5, 5.41) is 0. The fourth-order valence-corrected chi connectivity index (χ4v) is 24.2. The van der Waals surface area contributed by atoms with Gasteiger partial charge in [0.05, 0.1) is 27.2 Å². The molecule has 0 amide bonds. The number of Topliss-reactive ketones (excluding diaryl/α,β-unsaturated/α-hetero) is 1. The van der Waals surface area contributed by atoms with Crippen LogP contribution in [-0.2, 0) is 17.8 Å². The van der Waals surface area contributed by atoms with Crippen LogP contribution in [0.2, 0.25) is 49.1 Å². The zero-order chi connectivity index (χ0) is 27.7. The van der Waals surface area contributed by atoms with Crippen LogP contribution < -0.4 is 0 Å². The second-order valence-corrected chi connectivity index (χ2v) is 26.8. The lowest BCUT2D eigenvalue weighted by atomic mass is 10.1. The molecule has 0 unspecified atom stereocenters. The lowest BCUT2D eigenvalue weighted by molar-refractivity contribution is -0.890. The van der Waals surface area contributed by atoms with Gasteiger partial charge in [0.25, 0.3) is 17.4 Å². The minimum Gasteiger partial charge on any atom is -0.455 e. The normalized spacial score (nSPS) is 12.7. The molecule has 0 heterocycles. The van der Waals surface area contributed by atoms with Crippen LogP contribution in [0.4, 0.5) is 0 Å². The van der Waals surface area contributed by atoms with Crippen molar-refractivity contribution in [3.05, 3.63) is 0 Å². The summed E-state index contributed by atoms with van der Waals surface area (Å²) in [4.78, 5) is 12.5. The molecule has 0 aromatic rings. The maximum absolute atomic E-state index is 12.6. The Bertz CT molecular complexity index is 632. The van der Waals surface area contributed by atoms with Gasteiger partial charge in [0.1, 0.15) is 5.78 Å². The van der Waals surface area contributed by atoms with Gasteiger partial charge in [-0.3, -0.25) is 4.79 Å². The van der Waals surface area contributed by atoms with Gasteiger partial charge in [-0.2, -0.15) is 0 Å². The predicted molar refractivity (Wildman–Crippen MR) is 162 cm³/mol. The molecule has 0 aliphatic heterocycles. The second kappa shape index (κ2) is 19.2. The molecule has 0 atom stereocenters. The van der Waals surface area contributed by atoms with Crippen LogP contribution in [-0.4, -0.2) is 71.5 Å². The summed E-state index contributed by atoms with van der Waals surface area (Å²) in [6, 6.07) is 2.31. The number of carbonyl (C=O) groups excluding carboxylic acids is 1. The van der Waals surface area contributed by atoms with E-state index in [0.717, 1.165) is 36.2 Å². The smallest absolute Gasteiger partial charge is 0.275 e. The standard InChI is InChI=1S/C27H60NO4Si4/c1-9-12-13-17-22-28(4,5)23-18-14-15-20-27(29)21-16-19-24-36(25-33(30)10-2,26-34(31)11-3)32-35(6,7)8/h9-26H2,1-8H3/q+1. The SMILES string of the molecule is CCCCCC[N+](C)(C)CCCCCC(=O)CCCC[Si](C[Si](=O)CC)(C[Si](=O)CC)O[Si](C)(C)C. The van der Waals surface area contributed by atoms with Gasteiger partial charge < -0.3 is 17.5 Å². The van der Waals surface area contributed by atoms with E-state index in [1.165, 1.54) is 45.2 Å². The van der Waals surface area contributed by atoms with Crippen LogP contribution in [0.15, 0.2) is 0 Å². The van der Waals surface area contributed by atoms with E-state index in [4.69, 9.17) is 4.12 Å². The molecule has 0 N–H and O–H groups in total. The first-order valence-corrected chi connectivity index (χ1v) is 24.4. The Hall–Kier alpha value is 0.0575. The lowest BCUT2D eigenvalue weighted by Crippen LogP contribution is -2.50. The highest BCUT2D eigenvalue weighted by atomic mass is 28.5. The van der Waals surface area contributed by atoms with Crippen molar-refractivity contribution < 1.29 is 22.3 Å². The molecule has 5 nitrogen and oxygen atoms in total. The molecule has 0 aromatic carbocycles. The summed E-state index contributed by atoms with van der Waals surface area (Å²) >= 11 is 0. The van der Waals surface area contributed by atoms with Crippen molar-refractivity contribution in [3.8, 4) is 0 Å². The minimum absolute atomic E-state index is 0.381. The number of nitrogens with zero attached hydrogens (tertiary/aromatic N) is 1. The number of quaternary nitrogens is 1. The van der Waals surface area contributed by atoms with E-state index in [1.54, 1.807) is 0 Å². The van der Waals surface area contributed by atoms with E-state index >= 15 is 0 Å². The quantitative estimate of drug-likeness (QED) is 0.0673. The van der Waals surface area contributed by atoms with Crippen LogP contribution in [0.25, 0.3) is 0 Å². The molecule has 0 aliphatic rings. The zero-order valence-electron chi connectivity index (χ0n) is 25.3. The molecule has 0 radical (unpaired) electrons. The van der Waals surface area contributed by atoms with Crippen LogP contribution >= 0.6 is 0 Å². The summed E-state index contributed by atoms with van der Waals surface area (Å²) in [6.45, 7) is 15.3. The van der Waals surface area contributed by atoms with Crippen LogP contribution in [0.1, 0.15) is 91.4 Å². The summed E-state index contributed by atoms with van der Waals surface area (Å²) in [7, 11) is -2.85. The molecule has 36 heavy (non-hydrogen) atoms. The monoisotopic (exact) mass is 574 g/mol. The Morgan fingerprint density at radius 2 is 1.19 bits per heavy atom. The van der Waals surface area contributed by atoms with Crippen molar-refractivity contribution in [1.29, 1.82) is 0 Å². The zero-order valence-corrected chi connectivity index (χ0v) is 29.3. The van der Waals surface area contributed by atoms with Crippen LogP contribution in [0.3, 0.4) is 0 Å². The largest absolute Gasteiger partial charge is 0.455 e. The van der Waals surface area contributed by atoms with Crippen molar-refractivity contribution in [3.63, 3.8) is 0 Å². The van der Waals surface area contributed by atoms with E-state index in [0.29, 0.717) is 42.0 Å². The molecule has 0 saturated carbocycles. The topological polar surface area (TPSA) is 60.4 Å². The van der Waals surface area contributed by atoms with E-state index in [1.807, 2.05) is 13.8 Å². The second-order valence-electron chi connectivity index (χ2n) is 12.5. The van der Waals surface area contributed by atoms with Crippen LogP contribution in [0.5, 0.6) is 0 Å². The molecule has 212 valence electrons. The van der Waals surface area contributed by atoms with Crippen molar-refractivity contribution in [2.45, 2.75) is 141 Å². The number of hydrogen-bond donors (Lipinski definition) is 0. The van der Waals surface area contributed by atoms with Gasteiger partial charge in [0, 0.05) is 24.2 Å². The van der Waals surface area contributed by atoms with Crippen molar-refractivity contribution >= 4 is 39.8 Å². The van der Waals surface area contributed by atoms with E-state index in [-0.39, 0.29) is 0 Å². The molecule has 0 aliphatic carbocycles. The van der Waals surface area contributed by atoms with Gasteiger partial charge in [-0.25, -0.2) is 0 Å². The Balaban J connectivity index is 4.52. The summed E-state index contributed by atoms with van der Waals surface area (Å²) in [6.07, 6.45) is 11.8. The number of carbonyl (C=O) groups is 1. The first kappa shape index (κ1) is 36.1. The maximum Gasteiger partial charge on any atom is 0.275 e. The van der Waals surface area contributed by atoms with E-state index in [2.05, 4.69) is 40.7 Å². The van der Waals surface area contributed by atoms with E-state index in [9.17, 15) is 13.7 Å². The molecule has 9 heteroatoms. The molecule has 0 bridgehead atoms. The van der Waals surface area contributed by atoms with Gasteiger partial charge >= 0.3 is 0 Å². The van der Waals surface area contributed by atoms with Crippen LogP contribution in [0, 0.1) is 0 Å². The maximum atomic E-state index is 12.6. The fourth-order valence-electron chi connectivity index (χ4n) is 4.99. The predicted octanol–water partition coefficient (Wildman–Crippen LogP) is 7.70. The number of ketones is 1. The van der Waals surface area contributed by atoms with E-state index < -0.39 is 34.0 Å². The third kappa shape index (κ3) is 19.2. The first-order chi connectivity index (χ1) is 16.8. The fraction of sp³-hybridized carbons (Fsp3) is 0.963. The van der Waals surface area contributed by atoms with Crippen molar-refractivity contribution in [2.75, 3.05) is 27.2 Å². The molecular formula is C27H60NO4Si4+. The third-order valence-electron chi connectivity index (χ3n) is 7.02. The van der Waals surface area contributed by atoms with Gasteiger partial charge in [-0.05, 0) is 76.3 Å². The Morgan fingerprint density at radius 1 is 0.722 bits per heavy atom. The summed E-state index contributed by atoms with van der Waals surface area (Å²) in [5.74, 6) is 0.381. The molecule has 0 fully saturated rings. The van der Waals surface area contributed by atoms with Gasteiger partial charge in [0.15, 0.2) is 16.6 Å².